The molecule has 2 aliphatic heterocycles. The zero-order valence-corrected chi connectivity index (χ0v) is 10.2. The third-order valence-corrected chi connectivity index (χ3v) is 3.64. The number of amidine groups is 1. The van der Waals surface area contributed by atoms with Crippen molar-refractivity contribution in [3.8, 4) is 0 Å². The van der Waals surface area contributed by atoms with E-state index >= 15 is 0 Å². The van der Waals surface area contributed by atoms with Gasteiger partial charge < -0.3 is 25.7 Å². The van der Waals surface area contributed by atoms with Crippen molar-refractivity contribution in [2.45, 2.75) is 25.3 Å². The highest BCUT2D eigenvalue weighted by Crippen LogP contribution is 2.31. The number of amides is 1. The number of carbonyl (C=O) groups is 1. The van der Waals surface area contributed by atoms with Gasteiger partial charge in [-0.2, -0.15) is 0 Å². The number of ether oxygens (including phenoxy) is 2. The number of nitrogens with two attached hydrogens (primary N) is 1. The van der Waals surface area contributed by atoms with E-state index in [1.165, 1.54) is 0 Å². The standard InChI is InChI=1S/C11H19N3O4/c12-9(14-16)11(2-5-17-6-3-11)10(15)13-8-1-4-18-7-8/h8,16H,1-7H2,(H2,12,14)(H,13,15). The summed E-state index contributed by atoms with van der Waals surface area (Å²) in [5.41, 5.74) is 4.76. The van der Waals surface area contributed by atoms with Crippen molar-refractivity contribution in [1.29, 1.82) is 0 Å². The SMILES string of the molecule is NC(=NO)C1(C(=O)NC2CCOC2)CCOCC1. The molecular formula is C11H19N3O4. The monoisotopic (exact) mass is 257 g/mol. The molecule has 2 heterocycles. The molecule has 1 amide bonds. The van der Waals surface area contributed by atoms with Gasteiger partial charge in [0.1, 0.15) is 5.41 Å². The molecule has 0 saturated carbocycles. The van der Waals surface area contributed by atoms with E-state index in [0.29, 0.717) is 39.3 Å². The molecular weight excluding hydrogens is 238 g/mol. The fourth-order valence-electron chi connectivity index (χ4n) is 2.39. The van der Waals surface area contributed by atoms with Gasteiger partial charge in [0.15, 0.2) is 5.84 Å². The summed E-state index contributed by atoms with van der Waals surface area (Å²) < 4.78 is 10.5. The van der Waals surface area contributed by atoms with Gasteiger partial charge in [0.25, 0.3) is 0 Å². The van der Waals surface area contributed by atoms with Crippen LogP contribution in [0.5, 0.6) is 0 Å². The normalized spacial score (nSPS) is 28.0. The third-order valence-electron chi connectivity index (χ3n) is 3.64. The molecule has 0 aromatic heterocycles. The third kappa shape index (κ3) is 2.41. The van der Waals surface area contributed by atoms with Crippen LogP contribution < -0.4 is 11.1 Å². The lowest BCUT2D eigenvalue weighted by Crippen LogP contribution is -2.54. The van der Waals surface area contributed by atoms with Crippen LogP contribution in [0.15, 0.2) is 5.16 Å². The summed E-state index contributed by atoms with van der Waals surface area (Å²) in [6, 6.07) is 0.0173. The topological polar surface area (TPSA) is 106 Å². The first-order valence-corrected chi connectivity index (χ1v) is 6.13. The quantitative estimate of drug-likeness (QED) is 0.272. The maximum absolute atomic E-state index is 12.4. The van der Waals surface area contributed by atoms with Crippen LogP contribution in [0.2, 0.25) is 0 Å². The first-order valence-electron chi connectivity index (χ1n) is 6.13. The number of hydrogen-bond donors (Lipinski definition) is 3. The molecule has 2 aliphatic rings. The number of nitrogens with zero attached hydrogens (tertiary/aromatic N) is 1. The van der Waals surface area contributed by atoms with Gasteiger partial charge in [0.05, 0.1) is 12.6 Å². The summed E-state index contributed by atoms with van der Waals surface area (Å²) in [4.78, 5) is 12.4. The van der Waals surface area contributed by atoms with E-state index in [-0.39, 0.29) is 17.8 Å². The van der Waals surface area contributed by atoms with Crippen LogP contribution in [0.25, 0.3) is 0 Å². The molecule has 0 bridgehead atoms. The second-order valence-corrected chi connectivity index (χ2v) is 4.71. The van der Waals surface area contributed by atoms with Gasteiger partial charge in [-0.25, -0.2) is 0 Å². The molecule has 2 fully saturated rings. The molecule has 1 atom stereocenters. The van der Waals surface area contributed by atoms with Gasteiger partial charge >= 0.3 is 0 Å². The van der Waals surface area contributed by atoms with E-state index in [1.54, 1.807) is 0 Å². The second-order valence-electron chi connectivity index (χ2n) is 4.71. The summed E-state index contributed by atoms with van der Waals surface area (Å²) >= 11 is 0. The van der Waals surface area contributed by atoms with Crippen LogP contribution in [-0.2, 0) is 14.3 Å². The van der Waals surface area contributed by atoms with Crippen LogP contribution in [0.1, 0.15) is 19.3 Å². The van der Waals surface area contributed by atoms with E-state index in [2.05, 4.69) is 10.5 Å². The minimum absolute atomic E-state index is 0.0173. The van der Waals surface area contributed by atoms with Crippen molar-refractivity contribution in [3.63, 3.8) is 0 Å². The summed E-state index contributed by atoms with van der Waals surface area (Å²) in [5, 5.41) is 14.8. The molecule has 0 radical (unpaired) electrons. The maximum Gasteiger partial charge on any atom is 0.234 e. The molecule has 102 valence electrons. The lowest BCUT2D eigenvalue weighted by atomic mass is 9.78. The number of oxime groups is 1. The molecule has 2 rings (SSSR count). The largest absolute Gasteiger partial charge is 0.409 e. The molecule has 7 heteroatoms. The van der Waals surface area contributed by atoms with Crippen LogP contribution in [0, 0.1) is 5.41 Å². The summed E-state index contributed by atoms with van der Waals surface area (Å²) in [6.07, 6.45) is 1.67. The zero-order chi connectivity index (χ0) is 13.0. The minimum Gasteiger partial charge on any atom is -0.409 e. The van der Waals surface area contributed by atoms with Crippen molar-refractivity contribution >= 4 is 11.7 Å². The van der Waals surface area contributed by atoms with Crippen molar-refractivity contribution in [1.82, 2.24) is 5.32 Å². The Bertz CT molecular complexity index is 333. The van der Waals surface area contributed by atoms with E-state index in [0.717, 1.165) is 6.42 Å². The van der Waals surface area contributed by atoms with Crippen molar-refractivity contribution in [2.75, 3.05) is 26.4 Å². The fraction of sp³-hybridized carbons (Fsp3) is 0.818. The van der Waals surface area contributed by atoms with E-state index in [4.69, 9.17) is 20.4 Å². The molecule has 4 N–H and O–H groups in total. The average Bonchev–Trinajstić information content (AvgIpc) is 2.91. The molecule has 2 saturated heterocycles. The number of nitrogens with one attached hydrogen (secondary N) is 1. The molecule has 0 spiro atoms. The molecule has 0 aromatic rings. The average molecular weight is 257 g/mol. The van der Waals surface area contributed by atoms with Gasteiger partial charge in [-0.05, 0) is 19.3 Å². The van der Waals surface area contributed by atoms with E-state index in [1.807, 2.05) is 0 Å². The highest BCUT2D eigenvalue weighted by Gasteiger charge is 2.45. The first-order chi connectivity index (χ1) is 8.69. The second kappa shape index (κ2) is 5.53. The lowest BCUT2D eigenvalue weighted by molar-refractivity contribution is -0.132. The Labute approximate surface area is 105 Å². The van der Waals surface area contributed by atoms with Gasteiger partial charge in [-0.15, -0.1) is 0 Å². The molecule has 0 aliphatic carbocycles. The van der Waals surface area contributed by atoms with Crippen molar-refractivity contribution in [3.05, 3.63) is 0 Å². The highest BCUT2D eigenvalue weighted by atomic mass is 16.5. The number of hydrogen-bond acceptors (Lipinski definition) is 5. The Hall–Kier alpha value is -1.34. The molecule has 18 heavy (non-hydrogen) atoms. The molecule has 0 aromatic carbocycles. The summed E-state index contributed by atoms with van der Waals surface area (Å²) in [7, 11) is 0. The van der Waals surface area contributed by atoms with Crippen LogP contribution in [0.3, 0.4) is 0 Å². The molecule has 1 unspecified atom stereocenters. The van der Waals surface area contributed by atoms with Gasteiger partial charge in [0, 0.05) is 19.8 Å². The van der Waals surface area contributed by atoms with Crippen molar-refractivity contribution in [2.24, 2.45) is 16.3 Å². The van der Waals surface area contributed by atoms with Crippen LogP contribution in [-0.4, -0.2) is 49.4 Å². The zero-order valence-electron chi connectivity index (χ0n) is 10.2. The smallest absolute Gasteiger partial charge is 0.234 e. The van der Waals surface area contributed by atoms with Gasteiger partial charge in [-0.3, -0.25) is 4.79 Å². The Morgan fingerprint density at radius 1 is 1.33 bits per heavy atom. The predicted molar refractivity (Wildman–Crippen MR) is 63.3 cm³/mol. The summed E-state index contributed by atoms with van der Waals surface area (Å²) in [6.45, 7) is 2.05. The first kappa shape index (κ1) is 13.1. The Morgan fingerprint density at radius 2 is 2.06 bits per heavy atom. The van der Waals surface area contributed by atoms with Crippen molar-refractivity contribution < 1.29 is 19.5 Å². The van der Waals surface area contributed by atoms with Gasteiger partial charge in [0.2, 0.25) is 5.91 Å². The molecule has 7 nitrogen and oxygen atoms in total. The van der Waals surface area contributed by atoms with Gasteiger partial charge in [-0.1, -0.05) is 5.16 Å². The number of carbonyl (C=O) groups excluding carboxylic acids is 1. The summed E-state index contributed by atoms with van der Waals surface area (Å²) in [5.74, 6) is -0.237. The lowest BCUT2D eigenvalue weighted by Gasteiger charge is -2.35. The Morgan fingerprint density at radius 3 is 2.61 bits per heavy atom. The maximum atomic E-state index is 12.4. The van der Waals surface area contributed by atoms with Crippen LogP contribution >= 0.6 is 0 Å². The minimum atomic E-state index is -0.949. The Kier molecular flexibility index (Phi) is 4.03. The van der Waals surface area contributed by atoms with Crippen LogP contribution in [0.4, 0.5) is 0 Å². The Balaban J connectivity index is 2.09. The number of rotatable bonds is 3. The van der Waals surface area contributed by atoms with E-state index in [9.17, 15) is 4.79 Å². The fourth-order valence-corrected chi connectivity index (χ4v) is 2.39. The highest BCUT2D eigenvalue weighted by molar-refractivity contribution is 6.06. The predicted octanol–water partition coefficient (Wildman–Crippen LogP) is -0.565. The van der Waals surface area contributed by atoms with E-state index < -0.39 is 5.41 Å².